The smallest absolute Gasteiger partial charge is 0.123 e. The van der Waals surface area contributed by atoms with E-state index in [2.05, 4.69) is 26.1 Å². The van der Waals surface area contributed by atoms with E-state index in [1.54, 1.807) is 12.1 Å². The molecule has 1 aromatic rings. The molecule has 0 saturated heterocycles. The molecule has 0 bridgehead atoms. The Hall–Kier alpha value is -0.890. The fourth-order valence-electron chi connectivity index (χ4n) is 3.21. The second-order valence-electron chi connectivity index (χ2n) is 5.99. The predicted octanol–water partition coefficient (Wildman–Crippen LogP) is 3.88. The Bertz CT molecular complexity index is 385. The first-order chi connectivity index (χ1) is 8.54. The molecule has 1 fully saturated rings. The van der Waals surface area contributed by atoms with Gasteiger partial charge in [0.15, 0.2) is 0 Å². The van der Waals surface area contributed by atoms with Crippen molar-refractivity contribution in [1.82, 2.24) is 5.32 Å². The molecule has 0 spiro atoms. The van der Waals surface area contributed by atoms with Crippen molar-refractivity contribution >= 4 is 0 Å². The summed E-state index contributed by atoms with van der Waals surface area (Å²) in [4.78, 5) is 0. The van der Waals surface area contributed by atoms with E-state index in [1.165, 1.54) is 24.8 Å². The molecule has 2 rings (SSSR count). The molecule has 1 nitrogen and oxygen atoms in total. The monoisotopic (exact) mass is 249 g/mol. The maximum atomic E-state index is 13.1. The topological polar surface area (TPSA) is 12.0 Å². The van der Waals surface area contributed by atoms with Crippen LogP contribution in [0.15, 0.2) is 24.3 Å². The maximum Gasteiger partial charge on any atom is 0.123 e. The standard InChI is InChI=1S/C16H24FN/c1-12(2)18-11-16(10-4-5-13(16)3)14-6-8-15(17)9-7-14/h6-9,12-13,18H,4-5,10-11H2,1-3H3. The van der Waals surface area contributed by atoms with E-state index in [1.807, 2.05) is 12.1 Å². The second kappa shape index (κ2) is 5.40. The highest BCUT2D eigenvalue weighted by atomic mass is 19.1. The molecule has 1 N–H and O–H groups in total. The quantitative estimate of drug-likeness (QED) is 0.854. The van der Waals surface area contributed by atoms with Crippen LogP contribution in [0, 0.1) is 11.7 Å². The molecule has 0 heterocycles. The van der Waals surface area contributed by atoms with Gasteiger partial charge in [-0.15, -0.1) is 0 Å². The third kappa shape index (κ3) is 2.59. The zero-order chi connectivity index (χ0) is 13.2. The van der Waals surface area contributed by atoms with Gasteiger partial charge >= 0.3 is 0 Å². The minimum Gasteiger partial charge on any atom is -0.314 e. The van der Waals surface area contributed by atoms with Gasteiger partial charge in [0.2, 0.25) is 0 Å². The third-order valence-corrected chi connectivity index (χ3v) is 4.45. The summed E-state index contributed by atoms with van der Waals surface area (Å²) in [5.41, 5.74) is 1.49. The first kappa shape index (κ1) is 13.5. The van der Waals surface area contributed by atoms with Crippen LogP contribution in [0.2, 0.25) is 0 Å². The lowest BCUT2D eigenvalue weighted by Crippen LogP contribution is -2.42. The number of halogens is 1. The Kier molecular flexibility index (Phi) is 4.06. The molecule has 2 unspecified atom stereocenters. The van der Waals surface area contributed by atoms with Crippen LogP contribution in [0.25, 0.3) is 0 Å². The van der Waals surface area contributed by atoms with Crippen LogP contribution in [-0.4, -0.2) is 12.6 Å². The highest BCUT2D eigenvalue weighted by Gasteiger charge is 2.41. The molecule has 0 radical (unpaired) electrons. The van der Waals surface area contributed by atoms with Crippen molar-refractivity contribution in [3.8, 4) is 0 Å². The molecule has 0 aromatic heterocycles. The summed E-state index contributed by atoms with van der Waals surface area (Å²) >= 11 is 0. The first-order valence-corrected chi connectivity index (χ1v) is 7.04. The summed E-state index contributed by atoms with van der Waals surface area (Å²) < 4.78 is 13.1. The van der Waals surface area contributed by atoms with E-state index < -0.39 is 0 Å². The minimum absolute atomic E-state index is 0.142. The molecule has 1 aliphatic rings. The predicted molar refractivity (Wildman–Crippen MR) is 74.2 cm³/mol. The van der Waals surface area contributed by atoms with Crippen molar-refractivity contribution in [3.05, 3.63) is 35.6 Å². The minimum atomic E-state index is -0.142. The van der Waals surface area contributed by atoms with Crippen molar-refractivity contribution in [2.24, 2.45) is 5.92 Å². The van der Waals surface area contributed by atoms with Gasteiger partial charge in [-0.05, 0) is 36.5 Å². The van der Waals surface area contributed by atoms with E-state index in [0.717, 1.165) is 6.54 Å². The Morgan fingerprint density at radius 1 is 1.33 bits per heavy atom. The second-order valence-corrected chi connectivity index (χ2v) is 5.99. The maximum absolute atomic E-state index is 13.1. The fraction of sp³-hybridized carbons (Fsp3) is 0.625. The van der Waals surface area contributed by atoms with Gasteiger partial charge in [-0.2, -0.15) is 0 Å². The van der Waals surface area contributed by atoms with Gasteiger partial charge in [0, 0.05) is 18.0 Å². The summed E-state index contributed by atoms with van der Waals surface area (Å²) in [6, 6.07) is 7.63. The van der Waals surface area contributed by atoms with Gasteiger partial charge in [-0.3, -0.25) is 0 Å². The molecule has 1 aliphatic carbocycles. The zero-order valence-electron chi connectivity index (χ0n) is 11.7. The Balaban J connectivity index is 2.27. The molecule has 1 aromatic carbocycles. The lowest BCUT2D eigenvalue weighted by atomic mass is 9.72. The van der Waals surface area contributed by atoms with Gasteiger partial charge in [0.05, 0.1) is 0 Å². The van der Waals surface area contributed by atoms with Gasteiger partial charge in [0.1, 0.15) is 5.82 Å². The van der Waals surface area contributed by atoms with Gasteiger partial charge < -0.3 is 5.32 Å². The van der Waals surface area contributed by atoms with Gasteiger partial charge in [-0.25, -0.2) is 4.39 Å². The molecular formula is C16H24FN. The van der Waals surface area contributed by atoms with Crippen molar-refractivity contribution in [2.75, 3.05) is 6.54 Å². The molecular weight excluding hydrogens is 225 g/mol. The lowest BCUT2D eigenvalue weighted by Gasteiger charge is -2.35. The van der Waals surface area contributed by atoms with Crippen molar-refractivity contribution in [2.45, 2.75) is 51.5 Å². The summed E-state index contributed by atoms with van der Waals surface area (Å²) in [6.45, 7) is 7.69. The molecule has 2 heteroatoms. The number of rotatable bonds is 4. The van der Waals surface area contributed by atoms with Gasteiger partial charge in [0.25, 0.3) is 0 Å². The molecule has 2 atom stereocenters. The number of hydrogen-bond acceptors (Lipinski definition) is 1. The van der Waals surface area contributed by atoms with E-state index in [4.69, 9.17) is 0 Å². The van der Waals surface area contributed by atoms with E-state index in [-0.39, 0.29) is 11.2 Å². The summed E-state index contributed by atoms with van der Waals surface area (Å²) in [7, 11) is 0. The van der Waals surface area contributed by atoms with Crippen molar-refractivity contribution < 1.29 is 4.39 Å². The number of nitrogens with one attached hydrogen (secondary N) is 1. The van der Waals surface area contributed by atoms with Crippen LogP contribution in [-0.2, 0) is 5.41 Å². The van der Waals surface area contributed by atoms with E-state index in [0.29, 0.717) is 12.0 Å². The van der Waals surface area contributed by atoms with Crippen LogP contribution < -0.4 is 5.32 Å². The van der Waals surface area contributed by atoms with Crippen LogP contribution in [0.1, 0.15) is 45.6 Å². The molecule has 100 valence electrons. The number of hydrogen-bond donors (Lipinski definition) is 1. The van der Waals surface area contributed by atoms with Crippen molar-refractivity contribution in [3.63, 3.8) is 0 Å². The van der Waals surface area contributed by atoms with E-state index in [9.17, 15) is 4.39 Å². The largest absolute Gasteiger partial charge is 0.314 e. The lowest BCUT2D eigenvalue weighted by molar-refractivity contribution is 0.308. The van der Waals surface area contributed by atoms with Crippen LogP contribution in [0.3, 0.4) is 0 Å². The highest BCUT2D eigenvalue weighted by molar-refractivity contribution is 5.29. The third-order valence-electron chi connectivity index (χ3n) is 4.45. The van der Waals surface area contributed by atoms with Crippen LogP contribution in [0.5, 0.6) is 0 Å². The molecule has 0 aliphatic heterocycles. The average Bonchev–Trinajstić information content (AvgIpc) is 2.70. The van der Waals surface area contributed by atoms with Crippen molar-refractivity contribution in [1.29, 1.82) is 0 Å². The first-order valence-electron chi connectivity index (χ1n) is 7.04. The highest BCUT2D eigenvalue weighted by Crippen LogP contribution is 2.45. The SMILES string of the molecule is CC(C)NCC1(c2ccc(F)cc2)CCCC1C. The summed E-state index contributed by atoms with van der Waals surface area (Å²) in [5, 5.41) is 3.58. The average molecular weight is 249 g/mol. The van der Waals surface area contributed by atoms with Gasteiger partial charge in [-0.1, -0.05) is 39.3 Å². The Morgan fingerprint density at radius 3 is 2.50 bits per heavy atom. The van der Waals surface area contributed by atoms with E-state index >= 15 is 0 Å². The number of benzene rings is 1. The normalized spacial score (nSPS) is 27.9. The molecule has 18 heavy (non-hydrogen) atoms. The Labute approximate surface area is 110 Å². The summed E-state index contributed by atoms with van der Waals surface area (Å²) in [5.74, 6) is 0.519. The Morgan fingerprint density at radius 2 is 2.00 bits per heavy atom. The van der Waals surface area contributed by atoms with Crippen LogP contribution in [0.4, 0.5) is 4.39 Å². The van der Waals surface area contributed by atoms with Crippen LogP contribution >= 0.6 is 0 Å². The fourth-order valence-corrected chi connectivity index (χ4v) is 3.21. The molecule has 1 saturated carbocycles. The zero-order valence-corrected chi connectivity index (χ0v) is 11.7. The molecule has 0 amide bonds. The summed E-state index contributed by atoms with van der Waals surface area (Å²) in [6.07, 6.45) is 3.76.